The molecule has 1 fully saturated rings. The molecule has 4 heteroatoms. The van der Waals surface area contributed by atoms with Crippen LogP contribution in [0.4, 0.5) is 8.78 Å². The molecule has 72 valence electrons. The first-order valence-corrected chi connectivity index (χ1v) is 4.95. The SMILES string of the molecule is N#CC1(c2cc(Br)c(F)cc2F)CC1. The Labute approximate surface area is 88.5 Å². The Kier molecular flexibility index (Phi) is 2.07. The Hall–Kier alpha value is -0.950. The van der Waals surface area contributed by atoms with Gasteiger partial charge in [-0.3, -0.25) is 0 Å². The van der Waals surface area contributed by atoms with Crippen LogP contribution in [0.25, 0.3) is 0 Å². The lowest BCUT2D eigenvalue weighted by Gasteiger charge is -2.08. The van der Waals surface area contributed by atoms with E-state index in [0.29, 0.717) is 18.4 Å². The fraction of sp³-hybridized carbons (Fsp3) is 0.300. The zero-order valence-electron chi connectivity index (χ0n) is 7.15. The second kappa shape index (κ2) is 3.03. The molecule has 1 saturated carbocycles. The normalized spacial score (nSPS) is 17.6. The standard InChI is InChI=1S/C10H6BrF2N/c11-7-3-6(8(12)4-9(7)13)10(5-14)1-2-10/h3-4H,1-2H2. The van der Waals surface area contributed by atoms with Gasteiger partial charge < -0.3 is 0 Å². The van der Waals surface area contributed by atoms with E-state index in [1.165, 1.54) is 6.07 Å². The van der Waals surface area contributed by atoms with Crippen molar-refractivity contribution in [1.29, 1.82) is 5.26 Å². The van der Waals surface area contributed by atoms with Crippen LogP contribution in [0.2, 0.25) is 0 Å². The largest absolute Gasteiger partial charge is 0.207 e. The van der Waals surface area contributed by atoms with Gasteiger partial charge in [-0.1, -0.05) is 0 Å². The maximum Gasteiger partial charge on any atom is 0.140 e. The molecular formula is C10H6BrF2N. The van der Waals surface area contributed by atoms with E-state index in [9.17, 15) is 8.78 Å². The van der Waals surface area contributed by atoms with Crippen molar-refractivity contribution >= 4 is 15.9 Å². The molecule has 1 aromatic rings. The van der Waals surface area contributed by atoms with Gasteiger partial charge in [-0.05, 0) is 34.8 Å². The van der Waals surface area contributed by atoms with Crippen LogP contribution in [0.3, 0.4) is 0 Å². The van der Waals surface area contributed by atoms with E-state index in [0.717, 1.165) is 6.07 Å². The molecule has 0 N–H and O–H groups in total. The molecule has 0 radical (unpaired) electrons. The summed E-state index contributed by atoms with van der Waals surface area (Å²) in [5.41, 5.74) is -0.409. The molecule has 0 heterocycles. The third-order valence-electron chi connectivity index (χ3n) is 2.49. The van der Waals surface area contributed by atoms with Crippen LogP contribution in [-0.2, 0) is 5.41 Å². The summed E-state index contributed by atoms with van der Waals surface area (Å²) < 4.78 is 26.4. The predicted octanol–water partition coefficient (Wildman–Crippen LogP) is 3.28. The van der Waals surface area contributed by atoms with Crippen molar-refractivity contribution < 1.29 is 8.78 Å². The van der Waals surface area contributed by atoms with Crippen molar-refractivity contribution in [3.63, 3.8) is 0 Å². The van der Waals surface area contributed by atoms with Crippen LogP contribution in [-0.4, -0.2) is 0 Å². The van der Waals surface area contributed by atoms with Crippen LogP contribution >= 0.6 is 15.9 Å². The fourth-order valence-electron chi connectivity index (χ4n) is 1.46. The first kappa shape index (κ1) is 9.60. The summed E-state index contributed by atoms with van der Waals surface area (Å²) in [6.07, 6.45) is 1.30. The number of hydrogen-bond acceptors (Lipinski definition) is 1. The van der Waals surface area contributed by atoms with E-state index in [2.05, 4.69) is 22.0 Å². The van der Waals surface area contributed by atoms with Crippen molar-refractivity contribution in [2.75, 3.05) is 0 Å². The number of halogens is 3. The summed E-state index contributed by atoms with van der Waals surface area (Å²) >= 11 is 2.98. The van der Waals surface area contributed by atoms with Gasteiger partial charge in [0.15, 0.2) is 0 Å². The van der Waals surface area contributed by atoms with Crippen molar-refractivity contribution in [3.05, 3.63) is 33.8 Å². The third kappa shape index (κ3) is 1.32. The van der Waals surface area contributed by atoms with Crippen LogP contribution < -0.4 is 0 Å². The minimum absolute atomic E-state index is 0.204. The Bertz CT molecular complexity index is 432. The summed E-state index contributed by atoms with van der Waals surface area (Å²) in [7, 11) is 0. The smallest absolute Gasteiger partial charge is 0.140 e. The minimum atomic E-state index is -0.708. The molecule has 1 aliphatic rings. The summed E-state index contributed by atoms with van der Waals surface area (Å²) in [6, 6.07) is 4.25. The van der Waals surface area contributed by atoms with E-state index in [4.69, 9.17) is 5.26 Å². The van der Waals surface area contributed by atoms with Crippen LogP contribution in [0.5, 0.6) is 0 Å². The Morgan fingerprint density at radius 1 is 1.29 bits per heavy atom. The number of benzene rings is 1. The molecule has 0 aromatic heterocycles. The molecule has 0 amide bonds. The molecule has 1 nitrogen and oxygen atoms in total. The Morgan fingerprint density at radius 2 is 1.93 bits per heavy atom. The van der Waals surface area contributed by atoms with E-state index in [1.54, 1.807) is 0 Å². The first-order valence-electron chi connectivity index (χ1n) is 4.15. The third-order valence-corrected chi connectivity index (χ3v) is 3.10. The van der Waals surface area contributed by atoms with Gasteiger partial charge in [-0.15, -0.1) is 0 Å². The van der Waals surface area contributed by atoms with E-state index >= 15 is 0 Å². The molecule has 0 saturated heterocycles. The van der Waals surface area contributed by atoms with E-state index in [-0.39, 0.29) is 4.47 Å². The second-order valence-electron chi connectivity index (χ2n) is 3.44. The highest BCUT2D eigenvalue weighted by molar-refractivity contribution is 9.10. The predicted molar refractivity (Wildman–Crippen MR) is 50.6 cm³/mol. The summed E-state index contributed by atoms with van der Waals surface area (Å²) in [4.78, 5) is 0. The molecule has 2 rings (SSSR count). The molecular weight excluding hydrogens is 252 g/mol. The average molecular weight is 258 g/mol. The zero-order valence-corrected chi connectivity index (χ0v) is 8.74. The molecule has 0 bridgehead atoms. The van der Waals surface area contributed by atoms with E-state index < -0.39 is 17.0 Å². The van der Waals surface area contributed by atoms with Gasteiger partial charge >= 0.3 is 0 Å². The van der Waals surface area contributed by atoms with Crippen molar-refractivity contribution in [2.45, 2.75) is 18.3 Å². The molecule has 0 unspecified atom stereocenters. The van der Waals surface area contributed by atoms with Gasteiger partial charge in [0.25, 0.3) is 0 Å². The van der Waals surface area contributed by atoms with Crippen molar-refractivity contribution in [2.24, 2.45) is 0 Å². The first-order chi connectivity index (χ1) is 6.59. The number of nitriles is 1. The highest BCUT2D eigenvalue weighted by Crippen LogP contribution is 2.49. The van der Waals surface area contributed by atoms with Crippen LogP contribution in [0.1, 0.15) is 18.4 Å². The van der Waals surface area contributed by atoms with Crippen molar-refractivity contribution in [1.82, 2.24) is 0 Å². The van der Waals surface area contributed by atoms with Gasteiger partial charge in [-0.2, -0.15) is 5.26 Å². The molecule has 0 spiro atoms. The molecule has 1 aliphatic carbocycles. The van der Waals surface area contributed by atoms with Gasteiger partial charge in [0.1, 0.15) is 11.6 Å². The monoisotopic (exact) mass is 257 g/mol. The highest BCUT2D eigenvalue weighted by Gasteiger charge is 2.47. The molecule has 1 aromatic carbocycles. The van der Waals surface area contributed by atoms with Gasteiger partial charge in [-0.25, -0.2) is 8.78 Å². The average Bonchev–Trinajstić information content (AvgIpc) is 2.92. The Morgan fingerprint density at radius 3 is 2.43 bits per heavy atom. The minimum Gasteiger partial charge on any atom is -0.207 e. The lowest BCUT2D eigenvalue weighted by atomic mass is 9.97. The maximum atomic E-state index is 13.3. The quantitative estimate of drug-likeness (QED) is 0.709. The lowest BCUT2D eigenvalue weighted by Crippen LogP contribution is -2.06. The lowest BCUT2D eigenvalue weighted by molar-refractivity contribution is 0.562. The van der Waals surface area contributed by atoms with E-state index in [1.807, 2.05) is 0 Å². The van der Waals surface area contributed by atoms with Gasteiger partial charge in [0, 0.05) is 11.6 Å². The van der Waals surface area contributed by atoms with Gasteiger partial charge in [0.05, 0.1) is 16.0 Å². The van der Waals surface area contributed by atoms with Crippen LogP contribution in [0, 0.1) is 23.0 Å². The fourth-order valence-corrected chi connectivity index (χ4v) is 1.80. The number of rotatable bonds is 1. The molecule has 14 heavy (non-hydrogen) atoms. The summed E-state index contributed by atoms with van der Waals surface area (Å²) in [5, 5.41) is 8.87. The van der Waals surface area contributed by atoms with Gasteiger partial charge in [0.2, 0.25) is 0 Å². The molecule has 0 atom stereocenters. The summed E-state index contributed by atoms with van der Waals surface area (Å²) in [5.74, 6) is -1.27. The summed E-state index contributed by atoms with van der Waals surface area (Å²) in [6.45, 7) is 0. The van der Waals surface area contributed by atoms with Crippen LogP contribution in [0.15, 0.2) is 16.6 Å². The van der Waals surface area contributed by atoms with Crippen molar-refractivity contribution in [3.8, 4) is 6.07 Å². The number of nitrogens with zero attached hydrogens (tertiary/aromatic N) is 1. The number of hydrogen-bond donors (Lipinski definition) is 0. The highest BCUT2D eigenvalue weighted by atomic mass is 79.9. The second-order valence-corrected chi connectivity index (χ2v) is 4.29. The Balaban J connectivity index is 2.55. The maximum absolute atomic E-state index is 13.3. The topological polar surface area (TPSA) is 23.8 Å². The zero-order chi connectivity index (χ0) is 10.3. The molecule has 0 aliphatic heterocycles.